The van der Waals surface area contributed by atoms with Gasteiger partial charge in [0.1, 0.15) is 5.75 Å². The fourth-order valence-corrected chi connectivity index (χ4v) is 3.05. The number of hydrogen-bond donors (Lipinski definition) is 1. The van der Waals surface area contributed by atoms with E-state index in [0.717, 1.165) is 37.3 Å². The average molecular weight is 290 g/mol. The van der Waals surface area contributed by atoms with E-state index >= 15 is 0 Å². The van der Waals surface area contributed by atoms with Crippen LogP contribution in [0, 0.1) is 13.8 Å². The molecule has 1 aromatic rings. The normalized spacial score (nSPS) is 16.8. The first-order chi connectivity index (χ1) is 9.87. The van der Waals surface area contributed by atoms with Crippen LogP contribution in [0.1, 0.15) is 35.3 Å². The molecule has 1 saturated heterocycles. The van der Waals surface area contributed by atoms with Gasteiger partial charge in [-0.2, -0.15) is 0 Å². The minimum Gasteiger partial charge on any atom is -0.496 e. The van der Waals surface area contributed by atoms with Crippen LogP contribution in [0.3, 0.4) is 0 Å². The maximum absolute atomic E-state index is 13.1. The van der Waals surface area contributed by atoms with E-state index in [1.165, 1.54) is 0 Å². The Hall–Kier alpha value is -1.39. The minimum atomic E-state index is -0.518. The van der Waals surface area contributed by atoms with Crippen LogP contribution < -0.4 is 10.1 Å². The summed E-state index contributed by atoms with van der Waals surface area (Å²) in [5.41, 5.74) is 2.29. The van der Waals surface area contributed by atoms with Gasteiger partial charge in [-0.15, -0.1) is 0 Å². The summed E-state index contributed by atoms with van der Waals surface area (Å²) in [6.45, 7) is 11.7. The number of ketones is 1. The molecule has 1 N–H and O–H groups in total. The summed E-state index contributed by atoms with van der Waals surface area (Å²) in [7, 11) is 1.63. The third-order valence-electron chi connectivity index (χ3n) is 4.35. The topological polar surface area (TPSA) is 41.6 Å². The Labute approximate surface area is 127 Å². The van der Waals surface area contributed by atoms with Gasteiger partial charge in [-0.1, -0.05) is 6.07 Å². The summed E-state index contributed by atoms with van der Waals surface area (Å²) in [6, 6.07) is 3.98. The second kappa shape index (κ2) is 6.16. The van der Waals surface area contributed by atoms with E-state index in [2.05, 4.69) is 10.2 Å². The predicted molar refractivity (Wildman–Crippen MR) is 85.3 cm³/mol. The van der Waals surface area contributed by atoms with Crippen molar-refractivity contribution in [2.75, 3.05) is 33.3 Å². The molecule has 0 bridgehead atoms. The van der Waals surface area contributed by atoms with E-state index in [1.807, 2.05) is 39.8 Å². The molecule has 0 atom stereocenters. The fraction of sp³-hybridized carbons (Fsp3) is 0.588. The van der Waals surface area contributed by atoms with Crippen molar-refractivity contribution < 1.29 is 9.53 Å². The number of aryl methyl sites for hydroxylation is 2. The number of nitrogens with one attached hydrogen (secondary N) is 1. The quantitative estimate of drug-likeness (QED) is 0.863. The van der Waals surface area contributed by atoms with Gasteiger partial charge in [-0.3, -0.25) is 9.69 Å². The highest BCUT2D eigenvalue weighted by molar-refractivity contribution is 6.06. The molecule has 4 heteroatoms. The van der Waals surface area contributed by atoms with Crippen molar-refractivity contribution in [1.29, 1.82) is 0 Å². The van der Waals surface area contributed by atoms with Gasteiger partial charge < -0.3 is 10.1 Å². The first-order valence-electron chi connectivity index (χ1n) is 7.53. The number of methoxy groups -OCH3 is 1. The van der Waals surface area contributed by atoms with Gasteiger partial charge in [-0.05, 0) is 44.9 Å². The molecule has 0 amide bonds. The standard InChI is InChI=1S/C17H26N2O2/c1-12-10-13(2)15(14(11-12)21-5)16(20)17(3,4)19-8-6-18-7-9-19/h10-11,18H,6-9H2,1-5H3. The summed E-state index contributed by atoms with van der Waals surface area (Å²) >= 11 is 0. The van der Waals surface area contributed by atoms with Gasteiger partial charge in [0, 0.05) is 26.2 Å². The molecular weight excluding hydrogens is 264 g/mol. The van der Waals surface area contributed by atoms with Crippen LogP contribution in [0.4, 0.5) is 0 Å². The van der Waals surface area contributed by atoms with Gasteiger partial charge in [0.2, 0.25) is 0 Å². The highest BCUT2D eigenvalue weighted by Crippen LogP contribution is 2.30. The molecule has 0 unspecified atom stereocenters. The lowest BCUT2D eigenvalue weighted by molar-refractivity contribution is 0.0599. The Kier molecular flexibility index (Phi) is 4.69. The Morgan fingerprint density at radius 2 is 1.86 bits per heavy atom. The highest BCUT2D eigenvalue weighted by atomic mass is 16.5. The van der Waals surface area contributed by atoms with Crippen molar-refractivity contribution in [2.24, 2.45) is 0 Å². The number of hydrogen-bond acceptors (Lipinski definition) is 4. The average Bonchev–Trinajstić information content (AvgIpc) is 2.46. The van der Waals surface area contributed by atoms with Gasteiger partial charge in [0.15, 0.2) is 5.78 Å². The number of carbonyl (C=O) groups excluding carboxylic acids is 1. The fourth-order valence-electron chi connectivity index (χ4n) is 3.05. The zero-order valence-electron chi connectivity index (χ0n) is 13.7. The summed E-state index contributed by atoms with van der Waals surface area (Å²) in [5, 5.41) is 3.33. The molecule has 1 aliphatic heterocycles. The molecule has 1 heterocycles. The number of nitrogens with zero attached hydrogens (tertiary/aromatic N) is 1. The maximum atomic E-state index is 13.1. The number of rotatable bonds is 4. The molecule has 0 aromatic heterocycles. The van der Waals surface area contributed by atoms with E-state index in [1.54, 1.807) is 7.11 Å². The lowest BCUT2D eigenvalue weighted by Crippen LogP contribution is -2.57. The number of ether oxygens (including phenoxy) is 1. The van der Waals surface area contributed by atoms with Gasteiger partial charge >= 0.3 is 0 Å². The molecule has 1 aliphatic rings. The predicted octanol–water partition coefficient (Wildman–Crippen LogP) is 2.18. The number of piperazine rings is 1. The summed E-state index contributed by atoms with van der Waals surface area (Å²) in [6.07, 6.45) is 0. The highest BCUT2D eigenvalue weighted by Gasteiger charge is 2.37. The Morgan fingerprint density at radius 1 is 1.24 bits per heavy atom. The number of carbonyl (C=O) groups is 1. The SMILES string of the molecule is COc1cc(C)cc(C)c1C(=O)C(C)(C)N1CCNCC1. The Bertz CT molecular complexity index is 532. The van der Waals surface area contributed by atoms with Crippen LogP contribution in [0.2, 0.25) is 0 Å². The number of Topliss-reactive ketones (excluding diaryl/α,β-unsaturated/α-hetero) is 1. The zero-order chi connectivity index (χ0) is 15.6. The zero-order valence-corrected chi connectivity index (χ0v) is 13.7. The molecule has 116 valence electrons. The maximum Gasteiger partial charge on any atom is 0.186 e. The van der Waals surface area contributed by atoms with Gasteiger partial charge in [0.05, 0.1) is 18.2 Å². The molecule has 1 fully saturated rings. The molecule has 4 nitrogen and oxygen atoms in total. The van der Waals surface area contributed by atoms with Crippen LogP contribution in [-0.2, 0) is 0 Å². The third kappa shape index (κ3) is 3.11. The van der Waals surface area contributed by atoms with Crippen molar-refractivity contribution in [3.8, 4) is 5.75 Å². The van der Waals surface area contributed by atoms with Gasteiger partial charge in [-0.25, -0.2) is 0 Å². The van der Waals surface area contributed by atoms with Crippen molar-refractivity contribution in [3.05, 3.63) is 28.8 Å². The molecule has 0 saturated carbocycles. The largest absolute Gasteiger partial charge is 0.496 e. The monoisotopic (exact) mass is 290 g/mol. The van der Waals surface area contributed by atoms with Crippen molar-refractivity contribution in [2.45, 2.75) is 33.2 Å². The Balaban J connectivity index is 2.38. The Morgan fingerprint density at radius 3 is 2.43 bits per heavy atom. The van der Waals surface area contributed by atoms with E-state index in [4.69, 9.17) is 4.74 Å². The molecule has 0 aliphatic carbocycles. The molecule has 2 rings (SSSR count). The molecule has 1 aromatic carbocycles. The van der Waals surface area contributed by atoms with Crippen molar-refractivity contribution in [1.82, 2.24) is 10.2 Å². The van der Waals surface area contributed by atoms with E-state index in [9.17, 15) is 4.79 Å². The lowest BCUT2D eigenvalue weighted by Gasteiger charge is -2.40. The molecule has 0 spiro atoms. The summed E-state index contributed by atoms with van der Waals surface area (Å²) in [5.74, 6) is 0.819. The van der Waals surface area contributed by atoms with Crippen LogP contribution >= 0.6 is 0 Å². The minimum absolute atomic E-state index is 0.138. The first kappa shape index (κ1) is 16.0. The van der Waals surface area contributed by atoms with Crippen LogP contribution in [0.15, 0.2) is 12.1 Å². The van der Waals surface area contributed by atoms with Crippen LogP contribution in [0.25, 0.3) is 0 Å². The smallest absolute Gasteiger partial charge is 0.186 e. The summed E-state index contributed by atoms with van der Waals surface area (Å²) in [4.78, 5) is 15.4. The molecular formula is C17H26N2O2. The molecule has 0 radical (unpaired) electrons. The van der Waals surface area contributed by atoms with Crippen molar-refractivity contribution >= 4 is 5.78 Å². The lowest BCUT2D eigenvalue weighted by atomic mass is 9.87. The van der Waals surface area contributed by atoms with Crippen molar-refractivity contribution in [3.63, 3.8) is 0 Å². The molecule has 21 heavy (non-hydrogen) atoms. The second-order valence-electron chi connectivity index (χ2n) is 6.28. The van der Waals surface area contributed by atoms with E-state index in [0.29, 0.717) is 11.3 Å². The summed E-state index contributed by atoms with van der Waals surface area (Å²) < 4.78 is 5.46. The van der Waals surface area contributed by atoms with E-state index in [-0.39, 0.29) is 5.78 Å². The third-order valence-corrected chi connectivity index (χ3v) is 4.35. The van der Waals surface area contributed by atoms with Crippen LogP contribution in [-0.4, -0.2) is 49.5 Å². The first-order valence-corrected chi connectivity index (χ1v) is 7.53. The second-order valence-corrected chi connectivity index (χ2v) is 6.28. The van der Waals surface area contributed by atoms with Crippen LogP contribution in [0.5, 0.6) is 5.75 Å². The van der Waals surface area contributed by atoms with Gasteiger partial charge in [0.25, 0.3) is 0 Å². The van der Waals surface area contributed by atoms with E-state index < -0.39 is 5.54 Å². The number of benzene rings is 1.